The quantitative estimate of drug-likeness (QED) is 0.249. The molecule has 0 aromatic carbocycles. The van der Waals surface area contributed by atoms with Gasteiger partial charge in [-0.2, -0.15) is 0 Å². The van der Waals surface area contributed by atoms with E-state index in [9.17, 15) is 0 Å². The molecular weight excluding hydrogens is 427 g/mol. The third-order valence-electron chi connectivity index (χ3n) is 5.63. The summed E-state index contributed by atoms with van der Waals surface area (Å²) < 4.78 is 5.64. The summed E-state index contributed by atoms with van der Waals surface area (Å²) in [4.78, 5) is 7.14. The minimum atomic E-state index is 0. The van der Waals surface area contributed by atoms with Crippen molar-refractivity contribution in [2.24, 2.45) is 4.99 Å². The second kappa shape index (κ2) is 12.3. The van der Waals surface area contributed by atoms with E-state index in [0.717, 1.165) is 38.6 Å². The van der Waals surface area contributed by atoms with Crippen molar-refractivity contribution in [2.45, 2.75) is 76.8 Å². The number of unbranched alkanes of at least 4 members (excludes halogenated alkanes) is 2. The van der Waals surface area contributed by atoms with Crippen LogP contribution in [0.4, 0.5) is 0 Å². The lowest BCUT2D eigenvalue weighted by atomic mass is 9.88. The van der Waals surface area contributed by atoms with E-state index in [4.69, 9.17) is 4.74 Å². The Labute approximate surface area is 171 Å². The van der Waals surface area contributed by atoms with Crippen LogP contribution in [0.5, 0.6) is 0 Å². The molecule has 148 valence electrons. The number of nitrogens with zero attached hydrogens (tertiary/aromatic N) is 2. The Hall–Kier alpha value is -0.0800. The molecule has 25 heavy (non-hydrogen) atoms. The number of halogens is 1. The summed E-state index contributed by atoms with van der Waals surface area (Å²) in [5, 5.41) is 7.18. The Morgan fingerprint density at radius 3 is 2.48 bits per heavy atom. The first kappa shape index (κ1) is 23.0. The van der Waals surface area contributed by atoms with Crippen LogP contribution in [-0.2, 0) is 4.74 Å². The second-order valence-corrected chi connectivity index (χ2v) is 7.50. The molecule has 0 bridgehead atoms. The Bertz CT molecular complexity index is 380. The zero-order valence-corrected chi connectivity index (χ0v) is 18.8. The van der Waals surface area contributed by atoms with Gasteiger partial charge >= 0.3 is 0 Å². The number of rotatable bonds is 8. The van der Waals surface area contributed by atoms with Gasteiger partial charge in [-0.25, -0.2) is 0 Å². The normalized spacial score (nSPS) is 22.3. The largest absolute Gasteiger partial charge is 0.381 e. The summed E-state index contributed by atoms with van der Waals surface area (Å²) in [6, 6.07) is 0.472. The van der Waals surface area contributed by atoms with Crippen molar-refractivity contribution in [3.8, 4) is 0 Å². The molecule has 2 saturated heterocycles. The molecule has 0 saturated carbocycles. The first-order valence-electron chi connectivity index (χ1n) is 10.00. The topological polar surface area (TPSA) is 48.9 Å². The highest BCUT2D eigenvalue weighted by molar-refractivity contribution is 14.0. The van der Waals surface area contributed by atoms with Crippen molar-refractivity contribution in [2.75, 3.05) is 39.9 Å². The molecule has 2 heterocycles. The van der Waals surface area contributed by atoms with Gasteiger partial charge in [-0.05, 0) is 52.1 Å². The van der Waals surface area contributed by atoms with E-state index in [1.54, 1.807) is 0 Å². The van der Waals surface area contributed by atoms with E-state index in [1.807, 2.05) is 7.05 Å². The molecule has 6 heteroatoms. The van der Waals surface area contributed by atoms with Gasteiger partial charge in [0, 0.05) is 38.4 Å². The molecule has 0 radical (unpaired) electrons. The van der Waals surface area contributed by atoms with Crippen LogP contribution in [-0.4, -0.2) is 62.3 Å². The van der Waals surface area contributed by atoms with Crippen molar-refractivity contribution in [1.82, 2.24) is 15.5 Å². The zero-order chi connectivity index (χ0) is 17.3. The van der Waals surface area contributed by atoms with Gasteiger partial charge in [-0.15, -0.1) is 24.0 Å². The van der Waals surface area contributed by atoms with Crippen LogP contribution < -0.4 is 10.6 Å². The zero-order valence-electron chi connectivity index (χ0n) is 16.5. The number of ether oxygens (including phenoxy) is 1. The summed E-state index contributed by atoms with van der Waals surface area (Å²) in [6.07, 6.45) is 10.0. The van der Waals surface area contributed by atoms with Gasteiger partial charge in [0.25, 0.3) is 0 Å². The maximum Gasteiger partial charge on any atom is 0.191 e. The average Bonchev–Trinajstić information content (AvgIpc) is 3.15. The Kier molecular flexibility index (Phi) is 11.3. The standard InChI is InChI=1S/C19H38N4O.HI/c1-4-5-6-9-17(2)22-18(20-3)21-16-19(10-14-24-15-11-19)23-12-7-8-13-23;/h17H,4-16H2,1-3H3,(H2,20,21,22);1H. The lowest BCUT2D eigenvalue weighted by Crippen LogP contribution is -2.59. The van der Waals surface area contributed by atoms with E-state index >= 15 is 0 Å². The highest BCUT2D eigenvalue weighted by Crippen LogP contribution is 2.30. The lowest BCUT2D eigenvalue weighted by molar-refractivity contribution is -0.0164. The molecule has 0 aliphatic carbocycles. The van der Waals surface area contributed by atoms with Gasteiger partial charge in [-0.3, -0.25) is 9.89 Å². The van der Waals surface area contributed by atoms with Crippen LogP contribution in [0.3, 0.4) is 0 Å². The number of hydrogen-bond donors (Lipinski definition) is 2. The van der Waals surface area contributed by atoms with Gasteiger partial charge in [0.1, 0.15) is 0 Å². The number of nitrogens with one attached hydrogen (secondary N) is 2. The van der Waals surface area contributed by atoms with Gasteiger partial charge in [0.2, 0.25) is 0 Å². The highest BCUT2D eigenvalue weighted by Gasteiger charge is 2.39. The highest BCUT2D eigenvalue weighted by atomic mass is 127. The minimum absolute atomic E-state index is 0. The molecule has 2 N–H and O–H groups in total. The Morgan fingerprint density at radius 1 is 1.20 bits per heavy atom. The molecular formula is C19H39IN4O. The molecule has 2 fully saturated rings. The first-order valence-corrected chi connectivity index (χ1v) is 10.00. The summed E-state index contributed by atoms with van der Waals surface area (Å²) >= 11 is 0. The van der Waals surface area contributed by atoms with Crippen molar-refractivity contribution in [3.63, 3.8) is 0 Å². The summed E-state index contributed by atoms with van der Waals surface area (Å²) in [6.45, 7) is 9.73. The Balaban J connectivity index is 0.00000312. The first-order chi connectivity index (χ1) is 11.7. The maximum atomic E-state index is 5.64. The van der Waals surface area contributed by atoms with Crippen LogP contribution in [0, 0.1) is 0 Å². The molecule has 2 aliphatic rings. The lowest BCUT2D eigenvalue weighted by Gasteiger charge is -2.45. The second-order valence-electron chi connectivity index (χ2n) is 7.50. The van der Waals surface area contributed by atoms with Crippen LogP contribution in [0.2, 0.25) is 0 Å². The van der Waals surface area contributed by atoms with Crippen molar-refractivity contribution < 1.29 is 4.74 Å². The fourth-order valence-electron chi connectivity index (χ4n) is 4.00. The van der Waals surface area contributed by atoms with Gasteiger partial charge < -0.3 is 15.4 Å². The van der Waals surface area contributed by atoms with E-state index in [0.29, 0.717) is 6.04 Å². The van der Waals surface area contributed by atoms with E-state index in [-0.39, 0.29) is 29.5 Å². The smallest absolute Gasteiger partial charge is 0.191 e. The Morgan fingerprint density at radius 2 is 1.88 bits per heavy atom. The van der Waals surface area contributed by atoms with Crippen molar-refractivity contribution in [1.29, 1.82) is 0 Å². The van der Waals surface area contributed by atoms with Crippen LogP contribution in [0.1, 0.15) is 65.2 Å². The molecule has 2 aliphatic heterocycles. The van der Waals surface area contributed by atoms with E-state index < -0.39 is 0 Å². The third-order valence-corrected chi connectivity index (χ3v) is 5.63. The maximum absolute atomic E-state index is 5.64. The fourth-order valence-corrected chi connectivity index (χ4v) is 4.00. The molecule has 0 aromatic heterocycles. The van der Waals surface area contributed by atoms with Crippen molar-refractivity contribution in [3.05, 3.63) is 0 Å². The number of guanidine groups is 1. The van der Waals surface area contributed by atoms with Crippen LogP contribution >= 0.6 is 24.0 Å². The molecule has 1 atom stereocenters. The van der Waals surface area contributed by atoms with Crippen molar-refractivity contribution >= 4 is 29.9 Å². The molecule has 0 amide bonds. The summed E-state index contributed by atoms with van der Waals surface area (Å²) in [5.41, 5.74) is 0.248. The van der Waals surface area contributed by atoms with Crippen LogP contribution in [0.25, 0.3) is 0 Å². The van der Waals surface area contributed by atoms with E-state index in [1.165, 1.54) is 51.6 Å². The fraction of sp³-hybridized carbons (Fsp3) is 0.947. The molecule has 1 unspecified atom stereocenters. The predicted octanol–water partition coefficient (Wildman–Crippen LogP) is 3.38. The van der Waals surface area contributed by atoms with Crippen LogP contribution in [0.15, 0.2) is 4.99 Å². The monoisotopic (exact) mass is 466 g/mol. The van der Waals surface area contributed by atoms with E-state index in [2.05, 4.69) is 34.4 Å². The SMILES string of the molecule is CCCCCC(C)NC(=NC)NCC1(N2CCCC2)CCOCC1.I. The molecule has 5 nitrogen and oxygen atoms in total. The predicted molar refractivity (Wildman–Crippen MR) is 117 cm³/mol. The molecule has 2 rings (SSSR count). The minimum Gasteiger partial charge on any atom is -0.381 e. The van der Waals surface area contributed by atoms with Gasteiger partial charge in [0.05, 0.1) is 0 Å². The van der Waals surface area contributed by atoms with Gasteiger partial charge in [0.15, 0.2) is 5.96 Å². The number of hydrogen-bond acceptors (Lipinski definition) is 3. The molecule has 0 spiro atoms. The number of aliphatic imine (C=N–C) groups is 1. The number of likely N-dealkylation sites (tertiary alicyclic amines) is 1. The summed E-state index contributed by atoms with van der Waals surface area (Å²) in [7, 11) is 1.88. The van der Waals surface area contributed by atoms with Gasteiger partial charge in [-0.1, -0.05) is 26.2 Å². The molecule has 0 aromatic rings. The average molecular weight is 466 g/mol. The third kappa shape index (κ3) is 7.21. The summed E-state index contributed by atoms with van der Waals surface area (Å²) in [5.74, 6) is 0.948.